The van der Waals surface area contributed by atoms with Crippen molar-refractivity contribution >= 4 is 5.97 Å². The number of ether oxygens (including phenoxy) is 2. The largest absolute Gasteiger partial charge is 0.496 e. The van der Waals surface area contributed by atoms with Gasteiger partial charge in [-0.1, -0.05) is 6.07 Å². The highest BCUT2D eigenvalue weighted by Crippen LogP contribution is 2.44. The number of rotatable bonds is 8. The molecule has 2 aliphatic rings. The third kappa shape index (κ3) is 3.90. The average molecular weight is 333 g/mol. The molecular weight excluding hydrogens is 306 g/mol. The molecule has 1 saturated heterocycles. The van der Waals surface area contributed by atoms with Crippen LogP contribution in [0.15, 0.2) is 18.2 Å². The molecule has 2 fully saturated rings. The fourth-order valence-corrected chi connectivity index (χ4v) is 3.82. The van der Waals surface area contributed by atoms with E-state index in [1.165, 1.54) is 18.4 Å². The van der Waals surface area contributed by atoms with Gasteiger partial charge >= 0.3 is 5.97 Å². The molecule has 0 bridgehead atoms. The minimum absolute atomic E-state index is 0.210. The molecule has 132 valence electrons. The van der Waals surface area contributed by atoms with Crippen LogP contribution in [0.25, 0.3) is 0 Å². The summed E-state index contributed by atoms with van der Waals surface area (Å²) in [5.74, 6) is 0.942. The van der Waals surface area contributed by atoms with Crippen molar-refractivity contribution in [3.63, 3.8) is 0 Å². The first-order valence-corrected chi connectivity index (χ1v) is 8.81. The quantitative estimate of drug-likeness (QED) is 0.793. The number of methoxy groups -OCH3 is 1. The lowest BCUT2D eigenvalue weighted by Crippen LogP contribution is -2.24. The first kappa shape index (κ1) is 17.2. The van der Waals surface area contributed by atoms with E-state index >= 15 is 0 Å². The molecule has 24 heavy (non-hydrogen) atoms. The Balaban J connectivity index is 1.68. The molecule has 1 aliphatic heterocycles. The lowest BCUT2D eigenvalue weighted by atomic mass is 9.92. The lowest BCUT2D eigenvalue weighted by Gasteiger charge is -2.17. The molecule has 2 atom stereocenters. The molecule has 1 saturated carbocycles. The van der Waals surface area contributed by atoms with Crippen LogP contribution >= 0.6 is 0 Å². The topological polar surface area (TPSA) is 59.0 Å². The number of nitrogens with zero attached hydrogens (tertiary/aromatic N) is 1. The van der Waals surface area contributed by atoms with Crippen LogP contribution in [0, 0.1) is 17.8 Å². The van der Waals surface area contributed by atoms with Crippen molar-refractivity contribution < 1.29 is 19.4 Å². The molecule has 1 N–H and O–H groups in total. The Labute approximate surface area is 143 Å². The van der Waals surface area contributed by atoms with Crippen LogP contribution in [-0.4, -0.2) is 42.8 Å². The third-order valence-corrected chi connectivity index (χ3v) is 5.20. The first-order valence-electron chi connectivity index (χ1n) is 8.81. The number of carboxylic acid groups (broad SMARTS) is 1. The van der Waals surface area contributed by atoms with Gasteiger partial charge in [0.05, 0.1) is 19.6 Å². The molecular formula is C19H27NO4. The maximum atomic E-state index is 11.5. The van der Waals surface area contributed by atoms with Crippen molar-refractivity contribution in [2.45, 2.75) is 32.9 Å². The van der Waals surface area contributed by atoms with Crippen molar-refractivity contribution in [3.8, 4) is 5.75 Å². The van der Waals surface area contributed by atoms with Gasteiger partial charge in [0.1, 0.15) is 5.75 Å². The first-order chi connectivity index (χ1) is 11.6. The van der Waals surface area contributed by atoms with Gasteiger partial charge in [-0.25, -0.2) is 0 Å². The van der Waals surface area contributed by atoms with E-state index in [-0.39, 0.29) is 5.92 Å². The van der Waals surface area contributed by atoms with E-state index in [4.69, 9.17) is 9.47 Å². The number of carbonyl (C=O) groups is 1. The summed E-state index contributed by atoms with van der Waals surface area (Å²) < 4.78 is 10.9. The monoisotopic (exact) mass is 333 g/mol. The van der Waals surface area contributed by atoms with Crippen molar-refractivity contribution in [2.75, 3.05) is 26.8 Å². The summed E-state index contributed by atoms with van der Waals surface area (Å²) in [5, 5.41) is 9.49. The minimum atomic E-state index is -0.638. The lowest BCUT2D eigenvalue weighted by molar-refractivity contribution is -0.142. The fourth-order valence-electron chi connectivity index (χ4n) is 3.82. The average Bonchev–Trinajstić information content (AvgIpc) is 3.33. The van der Waals surface area contributed by atoms with E-state index in [0.717, 1.165) is 24.4 Å². The summed E-state index contributed by atoms with van der Waals surface area (Å²) in [6, 6.07) is 6.16. The van der Waals surface area contributed by atoms with E-state index in [0.29, 0.717) is 31.6 Å². The molecule has 0 spiro atoms. The highest BCUT2D eigenvalue weighted by atomic mass is 16.5. The second kappa shape index (κ2) is 7.53. The number of hydrogen-bond donors (Lipinski definition) is 1. The summed E-state index contributed by atoms with van der Waals surface area (Å²) in [5.41, 5.74) is 2.23. The SMILES string of the molecule is CCOCc1cc(CN2C[C@@H](C(=O)O)[C@H](C3CC3)C2)ccc1OC. The Morgan fingerprint density at radius 2 is 2.12 bits per heavy atom. The van der Waals surface area contributed by atoms with Gasteiger partial charge in [0, 0.05) is 31.8 Å². The molecule has 1 heterocycles. The third-order valence-electron chi connectivity index (χ3n) is 5.20. The van der Waals surface area contributed by atoms with E-state index in [1.54, 1.807) is 7.11 Å². The number of benzene rings is 1. The van der Waals surface area contributed by atoms with Crippen molar-refractivity contribution in [1.82, 2.24) is 4.90 Å². The molecule has 5 nitrogen and oxygen atoms in total. The minimum Gasteiger partial charge on any atom is -0.496 e. The Kier molecular flexibility index (Phi) is 5.41. The summed E-state index contributed by atoms with van der Waals surface area (Å²) in [4.78, 5) is 13.8. The van der Waals surface area contributed by atoms with Crippen molar-refractivity contribution in [2.24, 2.45) is 17.8 Å². The predicted octanol–water partition coefficient (Wildman–Crippen LogP) is 2.77. The Morgan fingerprint density at radius 3 is 2.75 bits per heavy atom. The number of aliphatic carboxylic acids is 1. The van der Waals surface area contributed by atoms with Crippen LogP contribution in [0.3, 0.4) is 0 Å². The van der Waals surface area contributed by atoms with Gasteiger partial charge < -0.3 is 14.6 Å². The normalized spacial score (nSPS) is 24.2. The molecule has 1 aromatic carbocycles. The van der Waals surface area contributed by atoms with Crippen LogP contribution in [-0.2, 0) is 22.7 Å². The Morgan fingerprint density at radius 1 is 1.33 bits per heavy atom. The zero-order valence-corrected chi connectivity index (χ0v) is 14.5. The maximum absolute atomic E-state index is 11.5. The molecule has 3 rings (SSSR count). The standard InChI is InChI=1S/C19H27NO4/c1-3-24-12-15-8-13(4-7-18(15)23-2)9-20-10-16(14-5-6-14)17(11-20)19(21)22/h4,7-8,14,16-17H,3,5-6,9-12H2,1-2H3,(H,21,22)/t16-,17+/m0/s1. The van der Waals surface area contributed by atoms with E-state index in [9.17, 15) is 9.90 Å². The Bertz CT molecular complexity index is 585. The van der Waals surface area contributed by atoms with Crippen LogP contribution < -0.4 is 4.74 Å². The number of likely N-dealkylation sites (tertiary alicyclic amines) is 1. The molecule has 0 aromatic heterocycles. The van der Waals surface area contributed by atoms with E-state index in [2.05, 4.69) is 17.0 Å². The maximum Gasteiger partial charge on any atom is 0.308 e. The predicted molar refractivity (Wildman–Crippen MR) is 90.9 cm³/mol. The van der Waals surface area contributed by atoms with Crippen LogP contribution in [0.4, 0.5) is 0 Å². The van der Waals surface area contributed by atoms with Gasteiger partial charge in [0.15, 0.2) is 0 Å². The highest BCUT2D eigenvalue weighted by molar-refractivity contribution is 5.71. The van der Waals surface area contributed by atoms with Crippen LogP contribution in [0.2, 0.25) is 0 Å². The van der Waals surface area contributed by atoms with Gasteiger partial charge in [-0.05, 0) is 49.3 Å². The van der Waals surface area contributed by atoms with Gasteiger partial charge in [-0.2, -0.15) is 0 Å². The van der Waals surface area contributed by atoms with Gasteiger partial charge in [0.25, 0.3) is 0 Å². The van der Waals surface area contributed by atoms with Crippen molar-refractivity contribution in [3.05, 3.63) is 29.3 Å². The van der Waals surface area contributed by atoms with Gasteiger partial charge in [-0.3, -0.25) is 9.69 Å². The van der Waals surface area contributed by atoms with Crippen LogP contribution in [0.5, 0.6) is 5.75 Å². The summed E-state index contributed by atoms with van der Waals surface area (Å²) >= 11 is 0. The van der Waals surface area contributed by atoms with E-state index < -0.39 is 5.97 Å². The molecule has 0 radical (unpaired) electrons. The van der Waals surface area contributed by atoms with Gasteiger partial charge in [-0.15, -0.1) is 0 Å². The zero-order chi connectivity index (χ0) is 17.1. The summed E-state index contributed by atoms with van der Waals surface area (Å²) in [6.45, 7) is 5.53. The van der Waals surface area contributed by atoms with E-state index in [1.807, 2.05) is 13.0 Å². The molecule has 1 aromatic rings. The second-order valence-electron chi connectivity index (χ2n) is 6.92. The number of carboxylic acids is 1. The smallest absolute Gasteiger partial charge is 0.308 e. The molecule has 1 aliphatic carbocycles. The Hall–Kier alpha value is -1.59. The summed E-state index contributed by atoms with van der Waals surface area (Å²) in [7, 11) is 1.67. The number of hydrogen-bond acceptors (Lipinski definition) is 4. The van der Waals surface area contributed by atoms with Crippen LogP contribution in [0.1, 0.15) is 30.9 Å². The zero-order valence-electron chi connectivity index (χ0n) is 14.5. The highest BCUT2D eigenvalue weighted by Gasteiger charge is 2.45. The molecule has 5 heteroatoms. The molecule has 0 unspecified atom stereocenters. The van der Waals surface area contributed by atoms with Gasteiger partial charge in [0.2, 0.25) is 0 Å². The second-order valence-corrected chi connectivity index (χ2v) is 6.92. The fraction of sp³-hybridized carbons (Fsp3) is 0.632. The summed E-state index contributed by atoms with van der Waals surface area (Å²) in [6.07, 6.45) is 2.40. The molecule has 0 amide bonds. The van der Waals surface area contributed by atoms with Crippen molar-refractivity contribution in [1.29, 1.82) is 0 Å².